The molecule has 1 heterocycles. The highest BCUT2D eigenvalue weighted by Crippen LogP contribution is 2.29. The molecule has 0 atom stereocenters. The fourth-order valence-corrected chi connectivity index (χ4v) is 2.30. The van der Waals surface area contributed by atoms with Crippen molar-refractivity contribution < 1.29 is 9.53 Å². The van der Waals surface area contributed by atoms with Crippen LogP contribution < -0.4 is 5.32 Å². The van der Waals surface area contributed by atoms with Gasteiger partial charge in [-0.2, -0.15) is 0 Å². The summed E-state index contributed by atoms with van der Waals surface area (Å²) in [6.07, 6.45) is 0. The Labute approximate surface area is 103 Å². The molecule has 0 spiro atoms. The molecule has 0 aliphatic carbocycles. The fraction of sp³-hybridized carbons (Fsp3) is 0.250. The van der Waals surface area contributed by atoms with Crippen molar-refractivity contribution in [1.82, 2.24) is 5.32 Å². The van der Waals surface area contributed by atoms with Crippen molar-refractivity contribution in [1.29, 1.82) is 0 Å². The molecule has 0 fully saturated rings. The van der Waals surface area contributed by atoms with Gasteiger partial charge in [0.1, 0.15) is 5.76 Å². The topological polar surface area (TPSA) is 38.3 Å². The molecule has 1 aliphatic rings. The SMILES string of the molecule is C=C(OCC)c1cc(Br)c2c(c1)C(=O)NC2. The van der Waals surface area contributed by atoms with Crippen molar-refractivity contribution in [2.24, 2.45) is 0 Å². The van der Waals surface area contributed by atoms with E-state index in [9.17, 15) is 4.79 Å². The van der Waals surface area contributed by atoms with E-state index in [2.05, 4.69) is 27.8 Å². The molecule has 16 heavy (non-hydrogen) atoms. The zero-order valence-electron chi connectivity index (χ0n) is 8.97. The van der Waals surface area contributed by atoms with Crippen LogP contribution in [0.4, 0.5) is 0 Å². The minimum absolute atomic E-state index is 0.0400. The monoisotopic (exact) mass is 281 g/mol. The second kappa shape index (κ2) is 4.29. The van der Waals surface area contributed by atoms with Gasteiger partial charge in [-0.1, -0.05) is 22.5 Å². The van der Waals surface area contributed by atoms with Crippen LogP contribution in [0.15, 0.2) is 23.2 Å². The Balaban J connectivity index is 2.44. The summed E-state index contributed by atoms with van der Waals surface area (Å²) in [6, 6.07) is 3.75. The number of amides is 1. The van der Waals surface area contributed by atoms with Gasteiger partial charge >= 0.3 is 0 Å². The average molecular weight is 282 g/mol. The van der Waals surface area contributed by atoms with Crippen molar-refractivity contribution in [2.45, 2.75) is 13.5 Å². The first-order valence-corrected chi connectivity index (χ1v) is 5.85. The van der Waals surface area contributed by atoms with Gasteiger partial charge in [-0.05, 0) is 24.6 Å². The van der Waals surface area contributed by atoms with Crippen molar-refractivity contribution in [3.63, 3.8) is 0 Å². The van der Waals surface area contributed by atoms with Crippen molar-refractivity contribution in [3.05, 3.63) is 39.9 Å². The number of benzene rings is 1. The van der Waals surface area contributed by atoms with Gasteiger partial charge in [0.2, 0.25) is 0 Å². The minimum atomic E-state index is -0.0400. The molecule has 1 aromatic carbocycles. The van der Waals surface area contributed by atoms with E-state index in [1.54, 1.807) is 0 Å². The molecular formula is C12H12BrNO2. The Morgan fingerprint density at radius 3 is 3.06 bits per heavy atom. The number of carbonyl (C=O) groups excluding carboxylic acids is 1. The molecule has 2 rings (SSSR count). The number of fused-ring (bicyclic) bond motifs is 1. The van der Waals surface area contributed by atoms with E-state index in [1.165, 1.54) is 0 Å². The molecule has 0 saturated carbocycles. The van der Waals surface area contributed by atoms with Crippen molar-refractivity contribution in [2.75, 3.05) is 6.61 Å². The predicted molar refractivity (Wildman–Crippen MR) is 66.0 cm³/mol. The maximum absolute atomic E-state index is 11.5. The molecule has 1 aromatic rings. The molecule has 1 aliphatic heterocycles. The number of hydrogen-bond acceptors (Lipinski definition) is 2. The summed E-state index contributed by atoms with van der Waals surface area (Å²) in [4.78, 5) is 11.5. The largest absolute Gasteiger partial charge is 0.494 e. The van der Waals surface area contributed by atoms with Crippen LogP contribution in [0.2, 0.25) is 0 Å². The molecule has 3 nitrogen and oxygen atoms in total. The second-order valence-corrected chi connectivity index (χ2v) is 4.38. The van der Waals surface area contributed by atoms with Crippen LogP contribution >= 0.6 is 15.9 Å². The van der Waals surface area contributed by atoms with Gasteiger partial charge in [0, 0.05) is 22.1 Å². The summed E-state index contributed by atoms with van der Waals surface area (Å²) in [5, 5.41) is 2.78. The third kappa shape index (κ3) is 1.85. The third-order valence-electron chi connectivity index (χ3n) is 2.51. The lowest BCUT2D eigenvalue weighted by Gasteiger charge is -2.09. The fourth-order valence-electron chi connectivity index (χ4n) is 1.70. The van der Waals surface area contributed by atoms with E-state index < -0.39 is 0 Å². The lowest BCUT2D eigenvalue weighted by molar-refractivity contribution is 0.0965. The van der Waals surface area contributed by atoms with E-state index in [0.717, 1.165) is 15.6 Å². The molecule has 0 saturated heterocycles. The lowest BCUT2D eigenvalue weighted by Crippen LogP contribution is -2.12. The number of rotatable bonds is 3. The molecule has 0 radical (unpaired) electrons. The molecular weight excluding hydrogens is 270 g/mol. The van der Waals surface area contributed by atoms with E-state index >= 15 is 0 Å². The van der Waals surface area contributed by atoms with Crippen LogP contribution in [0.3, 0.4) is 0 Å². The molecule has 0 aromatic heterocycles. The van der Waals surface area contributed by atoms with Crippen molar-refractivity contribution >= 4 is 27.6 Å². The summed E-state index contributed by atoms with van der Waals surface area (Å²) in [5.41, 5.74) is 2.54. The van der Waals surface area contributed by atoms with Gasteiger partial charge in [0.05, 0.1) is 6.61 Å². The zero-order chi connectivity index (χ0) is 11.7. The number of ether oxygens (including phenoxy) is 1. The summed E-state index contributed by atoms with van der Waals surface area (Å²) >= 11 is 3.46. The van der Waals surface area contributed by atoms with Gasteiger partial charge in [-0.25, -0.2) is 0 Å². The lowest BCUT2D eigenvalue weighted by atomic mass is 10.1. The Hall–Kier alpha value is -1.29. The summed E-state index contributed by atoms with van der Waals surface area (Å²) in [7, 11) is 0. The second-order valence-electron chi connectivity index (χ2n) is 3.52. The van der Waals surface area contributed by atoms with Crippen LogP contribution in [-0.4, -0.2) is 12.5 Å². The highest BCUT2D eigenvalue weighted by molar-refractivity contribution is 9.10. The predicted octanol–water partition coefficient (Wildman–Crippen LogP) is 2.70. The highest BCUT2D eigenvalue weighted by Gasteiger charge is 2.22. The van der Waals surface area contributed by atoms with Gasteiger partial charge in [-0.3, -0.25) is 4.79 Å². The highest BCUT2D eigenvalue weighted by atomic mass is 79.9. The molecule has 84 valence electrons. The van der Waals surface area contributed by atoms with Crippen LogP contribution in [0.1, 0.15) is 28.4 Å². The zero-order valence-corrected chi connectivity index (χ0v) is 10.6. The normalized spacial score (nSPS) is 13.2. The van der Waals surface area contributed by atoms with Crippen LogP contribution in [0.5, 0.6) is 0 Å². The first-order chi connectivity index (χ1) is 7.63. The molecule has 0 bridgehead atoms. The Bertz CT molecular complexity index is 468. The Morgan fingerprint density at radius 2 is 2.38 bits per heavy atom. The standard InChI is InChI=1S/C12H12BrNO2/c1-3-16-7(2)8-4-9-10(11(13)5-8)6-14-12(9)15/h4-5H,2-3,6H2,1H3,(H,14,15). The van der Waals surface area contributed by atoms with E-state index in [1.807, 2.05) is 19.1 Å². The smallest absolute Gasteiger partial charge is 0.251 e. The van der Waals surface area contributed by atoms with Gasteiger partial charge < -0.3 is 10.1 Å². The van der Waals surface area contributed by atoms with E-state index in [0.29, 0.717) is 24.5 Å². The number of hydrogen-bond donors (Lipinski definition) is 1. The third-order valence-corrected chi connectivity index (χ3v) is 3.21. The van der Waals surface area contributed by atoms with Crippen LogP contribution in [0.25, 0.3) is 5.76 Å². The maximum Gasteiger partial charge on any atom is 0.251 e. The maximum atomic E-state index is 11.5. The molecule has 1 amide bonds. The summed E-state index contributed by atoms with van der Waals surface area (Å²) < 4.78 is 6.25. The quantitative estimate of drug-likeness (QED) is 0.866. The first-order valence-electron chi connectivity index (χ1n) is 5.06. The van der Waals surface area contributed by atoms with Gasteiger partial charge in [0.25, 0.3) is 5.91 Å². The average Bonchev–Trinajstić information content (AvgIpc) is 2.61. The molecule has 4 heteroatoms. The van der Waals surface area contributed by atoms with Crippen molar-refractivity contribution in [3.8, 4) is 0 Å². The summed E-state index contributed by atoms with van der Waals surface area (Å²) in [6.45, 7) is 6.88. The number of carbonyl (C=O) groups is 1. The van der Waals surface area contributed by atoms with E-state index in [-0.39, 0.29) is 5.91 Å². The Kier molecular flexibility index (Phi) is 3.01. The van der Waals surface area contributed by atoms with Crippen LogP contribution in [-0.2, 0) is 11.3 Å². The van der Waals surface area contributed by atoms with E-state index in [4.69, 9.17) is 4.74 Å². The number of halogens is 1. The minimum Gasteiger partial charge on any atom is -0.494 e. The number of nitrogens with one attached hydrogen (secondary N) is 1. The molecule has 1 N–H and O–H groups in total. The Morgan fingerprint density at radius 1 is 1.62 bits per heavy atom. The van der Waals surface area contributed by atoms with Gasteiger partial charge in [0.15, 0.2) is 0 Å². The van der Waals surface area contributed by atoms with Gasteiger partial charge in [-0.15, -0.1) is 0 Å². The molecule has 0 unspecified atom stereocenters. The first kappa shape index (κ1) is 11.2. The summed E-state index contributed by atoms with van der Waals surface area (Å²) in [5.74, 6) is 0.549. The van der Waals surface area contributed by atoms with Crippen LogP contribution in [0, 0.1) is 0 Å².